The number of nitrogens with one attached hydrogen (secondary N) is 1. The summed E-state index contributed by atoms with van der Waals surface area (Å²) in [6.07, 6.45) is 2.95. The summed E-state index contributed by atoms with van der Waals surface area (Å²) in [5, 5.41) is 3.55. The maximum Gasteiger partial charge on any atom is 0.128 e. The van der Waals surface area contributed by atoms with Gasteiger partial charge in [0.25, 0.3) is 0 Å². The Balaban J connectivity index is 2.82. The first-order chi connectivity index (χ1) is 8.19. The van der Waals surface area contributed by atoms with Crippen molar-refractivity contribution in [2.24, 2.45) is 0 Å². The first kappa shape index (κ1) is 14.3. The van der Waals surface area contributed by atoms with E-state index >= 15 is 0 Å². The van der Waals surface area contributed by atoms with Crippen molar-refractivity contribution in [1.29, 1.82) is 0 Å². The predicted molar refractivity (Wildman–Crippen MR) is 77.4 cm³/mol. The molecule has 1 unspecified atom stereocenters. The molecule has 0 aromatic carbocycles. The van der Waals surface area contributed by atoms with Gasteiger partial charge in [0.1, 0.15) is 5.82 Å². The van der Waals surface area contributed by atoms with Crippen LogP contribution in [0.1, 0.15) is 37.4 Å². The van der Waals surface area contributed by atoms with Gasteiger partial charge in [0.2, 0.25) is 0 Å². The molecule has 0 saturated heterocycles. The summed E-state index contributed by atoms with van der Waals surface area (Å²) in [4.78, 5) is 4.24. The van der Waals surface area contributed by atoms with Crippen molar-refractivity contribution in [3.05, 3.63) is 23.4 Å². The molecule has 0 aliphatic heterocycles. The molecule has 17 heavy (non-hydrogen) atoms. The van der Waals surface area contributed by atoms with Crippen LogP contribution < -0.4 is 11.1 Å². The third kappa shape index (κ3) is 4.56. The molecule has 0 saturated carbocycles. The molecule has 0 aliphatic rings. The normalized spacial score (nSPS) is 12.6. The molecule has 3 nitrogen and oxygen atoms in total. The summed E-state index contributed by atoms with van der Waals surface area (Å²) in [6.45, 7) is 7.43. The monoisotopic (exact) mass is 253 g/mol. The average Bonchev–Trinajstić information content (AvgIpc) is 2.33. The molecule has 4 heteroatoms. The van der Waals surface area contributed by atoms with Gasteiger partial charge in [0.15, 0.2) is 0 Å². The minimum absolute atomic E-state index is 0.312. The van der Waals surface area contributed by atoms with Crippen molar-refractivity contribution in [3.8, 4) is 0 Å². The molecule has 1 aromatic rings. The van der Waals surface area contributed by atoms with E-state index in [-0.39, 0.29) is 0 Å². The topological polar surface area (TPSA) is 50.9 Å². The van der Waals surface area contributed by atoms with Gasteiger partial charge in [-0.05, 0) is 37.3 Å². The third-order valence-corrected chi connectivity index (χ3v) is 3.57. The van der Waals surface area contributed by atoms with Crippen molar-refractivity contribution < 1.29 is 0 Å². The number of pyridine rings is 1. The van der Waals surface area contributed by atoms with Crippen molar-refractivity contribution in [2.45, 2.75) is 33.2 Å². The zero-order valence-electron chi connectivity index (χ0n) is 11.0. The van der Waals surface area contributed by atoms with E-state index in [0.717, 1.165) is 30.0 Å². The quantitative estimate of drug-likeness (QED) is 0.784. The van der Waals surface area contributed by atoms with E-state index in [2.05, 4.69) is 37.1 Å². The second-order valence-corrected chi connectivity index (χ2v) is 5.47. The lowest BCUT2D eigenvalue weighted by Crippen LogP contribution is -2.25. The molecule has 0 spiro atoms. The van der Waals surface area contributed by atoms with Gasteiger partial charge >= 0.3 is 0 Å². The Labute approximate surface area is 109 Å². The molecular formula is C13H23N3S. The van der Waals surface area contributed by atoms with E-state index in [9.17, 15) is 0 Å². The van der Waals surface area contributed by atoms with Gasteiger partial charge in [-0.3, -0.25) is 0 Å². The van der Waals surface area contributed by atoms with Gasteiger partial charge in [-0.25, -0.2) is 4.98 Å². The molecule has 96 valence electrons. The summed E-state index contributed by atoms with van der Waals surface area (Å²) in [7, 11) is 0. The Morgan fingerprint density at radius 1 is 1.47 bits per heavy atom. The molecule has 1 atom stereocenters. The van der Waals surface area contributed by atoms with Crippen LogP contribution in [0.15, 0.2) is 12.3 Å². The predicted octanol–water partition coefficient (Wildman–Crippen LogP) is 2.77. The minimum atomic E-state index is 0.312. The molecule has 1 heterocycles. The molecule has 0 radical (unpaired) electrons. The standard InChI is InChI=1S/C13H23N3S/c1-4-6-15-12(9-17-5-2)11-7-10(3)8-16-13(11)14/h7-8,12,15H,4-6,9H2,1-3H3,(H2,14,16). The van der Waals surface area contributed by atoms with E-state index in [4.69, 9.17) is 5.73 Å². The number of nitrogen functional groups attached to an aromatic ring is 1. The average molecular weight is 253 g/mol. The van der Waals surface area contributed by atoms with Crippen molar-refractivity contribution >= 4 is 17.6 Å². The van der Waals surface area contributed by atoms with Crippen LogP contribution in [0.3, 0.4) is 0 Å². The molecule has 0 bridgehead atoms. The van der Waals surface area contributed by atoms with E-state index < -0.39 is 0 Å². The first-order valence-electron chi connectivity index (χ1n) is 6.22. The second kappa shape index (κ2) is 7.56. The first-order valence-corrected chi connectivity index (χ1v) is 7.37. The van der Waals surface area contributed by atoms with Crippen molar-refractivity contribution in [3.63, 3.8) is 0 Å². The van der Waals surface area contributed by atoms with E-state index in [1.807, 2.05) is 18.0 Å². The minimum Gasteiger partial charge on any atom is -0.383 e. The number of thioether (sulfide) groups is 1. The molecule has 0 fully saturated rings. The van der Waals surface area contributed by atoms with Crippen LogP contribution in [0.5, 0.6) is 0 Å². The lowest BCUT2D eigenvalue weighted by molar-refractivity contribution is 0.577. The third-order valence-electron chi connectivity index (χ3n) is 2.59. The maximum atomic E-state index is 5.97. The van der Waals surface area contributed by atoms with Crippen molar-refractivity contribution in [2.75, 3.05) is 23.8 Å². The Kier molecular flexibility index (Phi) is 6.37. The van der Waals surface area contributed by atoms with Crippen LogP contribution in [0, 0.1) is 6.92 Å². The zero-order valence-corrected chi connectivity index (χ0v) is 11.8. The number of hydrogen-bond donors (Lipinski definition) is 2. The molecule has 3 N–H and O–H groups in total. The van der Waals surface area contributed by atoms with E-state index in [0.29, 0.717) is 11.9 Å². The molecule has 1 aromatic heterocycles. The van der Waals surface area contributed by atoms with Crippen LogP contribution in [0.25, 0.3) is 0 Å². The van der Waals surface area contributed by atoms with Gasteiger partial charge in [-0.1, -0.05) is 13.8 Å². The van der Waals surface area contributed by atoms with Gasteiger partial charge in [-0.15, -0.1) is 0 Å². The van der Waals surface area contributed by atoms with Crippen LogP contribution in [0.2, 0.25) is 0 Å². The Bertz CT molecular complexity index is 333. The van der Waals surface area contributed by atoms with Crippen LogP contribution in [-0.4, -0.2) is 23.0 Å². The lowest BCUT2D eigenvalue weighted by atomic mass is 10.1. The molecular weight excluding hydrogens is 230 g/mol. The van der Waals surface area contributed by atoms with Gasteiger partial charge in [0, 0.05) is 23.6 Å². The number of anilines is 1. The van der Waals surface area contributed by atoms with Gasteiger partial charge in [0.05, 0.1) is 0 Å². The fourth-order valence-corrected chi connectivity index (χ4v) is 2.46. The van der Waals surface area contributed by atoms with Crippen LogP contribution in [-0.2, 0) is 0 Å². The largest absolute Gasteiger partial charge is 0.383 e. The van der Waals surface area contributed by atoms with Crippen LogP contribution >= 0.6 is 11.8 Å². The summed E-state index contributed by atoms with van der Waals surface area (Å²) >= 11 is 1.93. The molecule has 0 aliphatic carbocycles. The smallest absolute Gasteiger partial charge is 0.128 e. The number of nitrogens with zero attached hydrogens (tertiary/aromatic N) is 1. The highest BCUT2D eigenvalue weighted by atomic mass is 32.2. The number of hydrogen-bond acceptors (Lipinski definition) is 4. The highest BCUT2D eigenvalue weighted by molar-refractivity contribution is 7.99. The van der Waals surface area contributed by atoms with E-state index in [1.165, 1.54) is 5.56 Å². The highest BCUT2D eigenvalue weighted by Gasteiger charge is 2.14. The Morgan fingerprint density at radius 3 is 2.88 bits per heavy atom. The summed E-state index contributed by atoms with van der Waals surface area (Å²) in [5.74, 6) is 2.83. The Morgan fingerprint density at radius 2 is 2.24 bits per heavy atom. The van der Waals surface area contributed by atoms with Gasteiger partial charge < -0.3 is 11.1 Å². The SMILES string of the molecule is CCCNC(CSCC)c1cc(C)cnc1N. The fourth-order valence-electron chi connectivity index (χ4n) is 1.69. The zero-order chi connectivity index (χ0) is 12.7. The summed E-state index contributed by atoms with van der Waals surface area (Å²) in [6, 6.07) is 2.46. The molecule has 0 amide bonds. The Hall–Kier alpha value is -0.740. The maximum absolute atomic E-state index is 5.97. The summed E-state index contributed by atoms with van der Waals surface area (Å²) < 4.78 is 0. The number of aryl methyl sites for hydroxylation is 1. The van der Waals surface area contributed by atoms with Crippen molar-refractivity contribution in [1.82, 2.24) is 10.3 Å². The van der Waals surface area contributed by atoms with Crippen LogP contribution in [0.4, 0.5) is 5.82 Å². The summed E-state index contributed by atoms with van der Waals surface area (Å²) in [5.41, 5.74) is 8.28. The fraction of sp³-hybridized carbons (Fsp3) is 0.615. The number of rotatable bonds is 7. The van der Waals surface area contributed by atoms with E-state index in [1.54, 1.807) is 0 Å². The lowest BCUT2D eigenvalue weighted by Gasteiger charge is -2.20. The number of aromatic nitrogens is 1. The second-order valence-electron chi connectivity index (χ2n) is 4.15. The molecule has 1 rings (SSSR count). The highest BCUT2D eigenvalue weighted by Crippen LogP contribution is 2.23. The number of nitrogens with two attached hydrogens (primary N) is 1. The van der Waals surface area contributed by atoms with Gasteiger partial charge in [-0.2, -0.15) is 11.8 Å².